The van der Waals surface area contributed by atoms with Gasteiger partial charge in [0.05, 0.1) is 6.04 Å². The first-order valence-electron chi connectivity index (χ1n) is 8.37. The highest BCUT2D eigenvalue weighted by atomic mass is 16.2. The average molecular weight is 315 g/mol. The van der Waals surface area contributed by atoms with Crippen LogP contribution < -0.4 is 10.6 Å². The van der Waals surface area contributed by atoms with Gasteiger partial charge in [0.2, 0.25) is 0 Å². The van der Waals surface area contributed by atoms with Gasteiger partial charge in [-0.25, -0.2) is 0 Å². The summed E-state index contributed by atoms with van der Waals surface area (Å²) in [5.74, 6) is -0.666. The molecule has 5 heteroatoms. The Hall–Kier alpha value is -1.88. The van der Waals surface area contributed by atoms with Gasteiger partial charge in [0.25, 0.3) is 0 Å². The average Bonchev–Trinajstić information content (AvgIpc) is 3.14. The van der Waals surface area contributed by atoms with Gasteiger partial charge in [-0.3, -0.25) is 9.59 Å². The number of hydrogen-bond donors (Lipinski definition) is 2. The van der Waals surface area contributed by atoms with Crippen molar-refractivity contribution in [2.24, 2.45) is 5.92 Å². The second kappa shape index (κ2) is 6.32. The Labute approximate surface area is 137 Å². The lowest BCUT2D eigenvalue weighted by Gasteiger charge is -2.29. The van der Waals surface area contributed by atoms with Crippen LogP contribution in [0, 0.1) is 12.8 Å². The van der Waals surface area contributed by atoms with Gasteiger partial charge >= 0.3 is 11.8 Å². The van der Waals surface area contributed by atoms with Crippen molar-refractivity contribution in [1.82, 2.24) is 15.5 Å². The van der Waals surface area contributed by atoms with E-state index in [1.165, 1.54) is 0 Å². The quantitative estimate of drug-likeness (QED) is 0.829. The molecule has 3 rings (SSSR count). The number of likely N-dealkylation sites (tertiary alicyclic amines) is 1. The second-order valence-electron chi connectivity index (χ2n) is 7.06. The molecular formula is C18H25N3O2. The fraction of sp³-hybridized carbons (Fsp3) is 0.556. The number of nitrogens with one attached hydrogen (secondary N) is 2. The monoisotopic (exact) mass is 315 g/mol. The molecule has 2 N–H and O–H groups in total. The lowest BCUT2D eigenvalue weighted by atomic mass is 9.95. The van der Waals surface area contributed by atoms with Crippen molar-refractivity contribution in [3.05, 3.63) is 35.4 Å². The Bertz CT molecular complexity index is 614. The number of fused-ring (bicyclic) bond motifs is 2. The predicted octanol–water partition coefficient (Wildman–Crippen LogP) is 1.38. The Balaban J connectivity index is 1.70. The standard InChI is InChI=1S/C18H25N3O2/c1-11(2)16(13-6-4-5-12(3)7-13)20-17(22)18(23)21-10-14-8-15(21)9-19-14/h4-7,11,14-16,19H,8-10H2,1-3H3,(H,20,22)/t14-,15-,16?/m0/s1. The Kier molecular flexibility index (Phi) is 4.39. The van der Waals surface area contributed by atoms with Crippen molar-refractivity contribution in [3.8, 4) is 0 Å². The van der Waals surface area contributed by atoms with Crippen molar-refractivity contribution in [3.63, 3.8) is 0 Å². The maximum atomic E-state index is 12.5. The molecule has 2 amide bonds. The van der Waals surface area contributed by atoms with Crippen LogP contribution in [0.1, 0.15) is 37.4 Å². The summed E-state index contributed by atoms with van der Waals surface area (Å²) in [5, 5.41) is 6.29. The highest BCUT2D eigenvalue weighted by Gasteiger charge is 2.42. The number of piperazine rings is 1. The predicted molar refractivity (Wildman–Crippen MR) is 88.8 cm³/mol. The molecule has 0 radical (unpaired) electrons. The van der Waals surface area contributed by atoms with E-state index < -0.39 is 11.8 Å². The number of hydrogen-bond acceptors (Lipinski definition) is 3. The molecule has 2 fully saturated rings. The van der Waals surface area contributed by atoms with Crippen LogP contribution in [0.5, 0.6) is 0 Å². The zero-order chi connectivity index (χ0) is 16.6. The summed E-state index contributed by atoms with van der Waals surface area (Å²) in [6.45, 7) is 7.59. The molecule has 124 valence electrons. The summed E-state index contributed by atoms with van der Waals surface area (Å²) in [5.41, 5.74) is 2.20. The molecule has 1 unspecified atom stereocenters. The highest BCUT2D eigenvalue weighted by Crippen LogP contribution is 2.25. The lowest BCUT2D eigenvalue weighted by Crippen LogP contribution is -2.52. The number of carbonyl (C=O) groups excluding carboxylic acids is 2. The fourth-order valence-corrected chi connectivity index (χ4v) is 3.64. The molecule has 2 saturated heterocycles. The molecule has 2 bridgehead atoms. The van der Waals surface area contributed by atoms with Gasteiger partial charge in [-0.2, -0.15) is 0 Å². The van der Waals surface area contributed by atoms with Gasteiger partial charge in [-0.1, -0.05) is 43.7 Å². The van der Waals surface area contributed by atoms with E-state index in [4.69, 9.17) is 0 Å². The number of aryl methyl sites for hydroxylation is 1. The zero-order valence-electron chi connectivity index (χ0n) is 14.0. The molecule has 0 aliphatic carbocycles. The number of carbonyl (C=O) groups is 2. The third-order valence-electron chi connectivity index (χ3n) is 4.87. The molecule has 2 aliphatic heterocycles. The van der Waals surface area contributed by atoms with Gasteiger partial charge in [-0.05, 0) is 24.8 Å². The fourth-order valence-electron chi connectivity index (χ4n) is 3.64. The van der Waals surface area contributed by atoms with E-state index in [0.29, 0.717) is 12.6 Å². The molecule has 0 saturated carbocycles. The van der Waals surface area contributed by atoms with Crippen LogP contribution in [0.3, 0.4) is 0 Å². The zero-order valence-corrected chi connectivity index (χ0v) is 14.0. The Morgan fingerprint density at radius 3 is 2.70 bits per heavy atom. The van der Waals surface area contributed by atoms with Gasteiger partial charge in [0.15, 0.2) is 0 Å². The highest BCUT2D eigenvalue weighted by molar-refractivity contribution is 6.35. The van der Waals surface area contributed by atoms with Gasteiger partial charge in [0.1, 0.15) is 0 Å². The van der Waals surface area contributed by atoms with Crippen molar-refractivity contribution in [2.45, 2.75) is 45.3 Å². The minimum absolute atomic E-state index is 0.149. The maximum Gasteiger partial charge on any atom is 0.312 e. The molecule has 0 aromatic heterocycles. The molecule has 3 atom stereocenters. The van der Waals surface area contributed by atoms with Crippen molar-refractivity contribution >= 4 is 11.8 Å². The van der Waals surface area contributed by atoms with Crippen molar-refractivity contribution < 1.29 is 9.59 Å². The molecule has 0 spiro atoms. The van der Waals surface area contributed by atoms with E-state index in [1.54, 1.807) is 4.90 Å². The Morgan fingerprint density at radius 2 is 2.13 bits per heavy atom. The number of nitrogens with zero attached hydrogens (tertiary/aromatic N) is 1. The SMILES string of the molecule is Cc1cccc(C(NC(=O)C(=O)N2C[C@@H]3C[C@H]2CN3)C(C)C)c1. The van der Waals surface area contributed by atoms with Crippen LogP contribution in [0.25, 0.3) is 0 Å². The largest absolute Gasteiger partial charge is 0.341 e. The maximum absolute atomic E-state index is 12.5. The molecule has 1 aromatic carbocycles. The third kappa shape index (κ3) is 3.24. The first kappa shape index (κ1) is 16.0. The van der Waals surface area contributed by atoms with E-state index in [-0.39, 0.29) is 18.0 Å². The van der Waals surface area contributed by atoms with E-state index in [9.17, 15) is 9.59 Å². The molecule has 5 nitrogen and oxygen atoms in total. The van der Waals surface area contributed by atoms with Crippen molar-refractivity contribution in [1.29, 1.82) is 0 Å². The van der Waals surface area contributed by atoms with E-state index in [0.717, 1.165) is 24.1 Å². The summed E-state index contributed by atoms with van der Waals surface area (Å²) >= 11 is 0. The minimum atomic E-state index is -0.488. The molecule has 1 aromatic rings. The molecular weight excluding hydrogens is 290 g/mol. The van der Waals surface area contributed by atoms with Crippen LogP contribution in [0.15, 0.2) is 24.3 Å². The first-order chi connectivity index (χ1) is 11.0. The molecule has 23 heavy (non-hydrogen) atoms. The van der Waals surface area contributed by atoms with Crippen LogP contribution in [-0.4, -0.2) is 41.9 Å². The number of amides is 2. The third-order valence-corrected chi connectivity index (χ3v) is 4.87. The molecule has 2 aliphatic rings. The van der Waals surface area contributed by atoms with Crippen LogP contribution in [0.4, 0.5) is 0 Å². The van der Waals surface area contributed by atoms with Gasteiger partial charge in [-0.15, -0.1) is 0 Å². The first-order valence-corrected chi connectivity index (χ1v) is 8.37. The van der Waals surface area contributed by atoms with E-state index in [2.05, 4.69) is 30.5 Å². The minimum Gasteiger partial charge on any atom is -0.341 e. The summed E-state index contributed by atoms with van der Waals surface area (Å²) in [4.78, 5) is 26.7. The smallest absolute Gasteiger partial charge is 0.312 e. The normalized spacial score (nSPS) is 24.1. The second-order valence-corrected chi connectivity index (χ2v) is 7.06. The van der Waals surface area contributed by atoms with Crippen molar-refractivity contribution in [2.75, 3.05) is 13.1 Å². The topological polar surface area (TPSA) is 61.4 Å². The summed E-state index contributed by atoms with van der Waals surface area (Å²) in [6.07, 6.45) is 0.963. The van der Waals surface area contributed by atoms with E-state index >= 15 is 0 Å². The summed E-state index contributed by atoms with van der Waals surface area (Å²) in [7, 11) is 0. The van der Waals surface area contributed by atoms with Crippen LogP contribution in [0.2, 0.25) is 0 Å². The van der Waals surface area contributed by atoms with Gasteiger partial charge in [0, 0.05) is 25.2 Å². The lowest BCUT2D eigenvalue weighted by molar-refractivity contribution is -0.147. The Morgan fingerprint density at radius 1 is 1.35 bits per heavy atom. The summed E-state index contributed by atoms with van der Waals surface area (Å²) < 4.78 is 0. The van der Waals surface area contributed by atoms with E-state index in [1.807, 2.05) is 25.1 Å². The van der Waals surface area contributed by atoms with Crippen LogP contribution >= 0.6 is 0 Å². The summed E-state index contributed by atoms with van der Waals surface area (Å²) in [6, 6.07) is 8.47. The number of benzene rings is 1. The van der Waals surface area contributed by atoms with Crippen LogP contribution in [-0.2, 0) is 9.59 Å². The number of rotatable bonds is 3. The van der Waals surface area contributed by atoms with Gasteiger partial charge < -0.3 is 15.5 Å². The molecule has 2 heterocycles.